The van der Waals surface area contributed by atoms with Crippen LogP contribution >= 0.6 is 0 Å². The zero-order valence-electron chi connectivity index (χ0n) is 13.5. The van der Waals surface area contributed by atoms with Gasteiger partial charge in [0.15, 0.2) is 0 Å². The van der Waals surface area contributed by atoms with E-state index in [4.69, 9.17) is 4.99 Å². The molecule has 22 heavy (non-hydrogen) atoms. The molecule has 0 saturated heterocycles. The van der Waals surface area contributed by atoms with Gasteiger partial charge in [-0.1, -0.05) is 62.4 Å². The second kappa shape index (κ2) is 5.08. The van der Waals surface area contributed by atoms with Gasteiger partial charge in [0.2, 0.25) is 0 Å². The Morgan fingerprint density at radius 2 is 1.50 bits per heavy atom. The van der Waals surface area contributed by atoms with E-state index in [0.717, 1.165) is 0 Å². The Hall–Kier alpha value is -1.89. The van der Waals surface area contributed by atoms with Crippen molar-refractivity contribution in [2.24, 2.45) is 16.8 Å². The van der Waals surface area contributed by atoms with E-state index in [0.29, 0.717) is 29.7 Å². The largest absolute Gasteiger partial charge is 0.289 e. The molecule has 0 amide bonds. The van der Waals surface area contributed by atoms with E-state index in [2.05, 4.69) is 75.5 Å². The molecule has 2 aromatic carbocycles. The SMILES string of the molecule is CC(C)C1C2c3ccccc3/C=N\C(C)C1c1ccccc12. The standard InChI is InChI=1S/C21H23N/c1-13(2)19-20-14(3)22-12-15-8-4-5-9-16(15)21(19)18-11-7-6-10-17(18)20/h4-14,19-21H,1-3H3/b22-12-. The van der Waals surface area contributed by atoms with Gasteiger partial charge < -0.3 is 0 Å². The minimum absolute atomic E-state index is 0.340. The first kappa shape index (κ1) is 13.8. The quantitative estimate of drug-likeness (QED) is 0.700. The van der Waals surface area contributed by atoms with Crippen molar-refractivity contribution < 1.29 is 0 Å². The van der Waals surface area contributed by atoms with Gasteiger partial charge in [-0.05, 0) is 41.0 Å². The summed E-state index contributed by atoms with van der Waals surface area (Å²) in [6, 6.07) is 18.2. The molecule has 1 nitrogen and oxygen atoms in total. The minimum Gasteiger partial charge on any atom is -0.289 e. The van der Waals surface area contributed by atoms with Gasteiger partial charge >= 0.3 is 0 Å². The predicted octanol–water partition coefficient (Wildman–Crippen LogP) is 5.01. The van der Waals surface area contributed by atoms with E-state index >= 15 is 0 Å². The van der Waals surface area contributed by atoms with Crippen LogP contribution in [0.4, 0.5) is 0 Å². The summed E-state index contributed by atoms with van der Waals surface area (Å²) in [5, 5.41) is 0. The van der Waals surface area contributed by atoms with Crippen LogP contribution in [0.2, 0.25) is 0 Å². The van der Waals surface area contributed by atoms with Crippen LogP contribution < -0.4 is 0 Å². The van der Waals surface area contributed by atoms with Crippen LogP contribution in [0.1, 0.15) is 54.9 Å². The van der Waals surface area contributed by atoms with Crippen LogP contribution in [-0.4, -0.2) is 12.3 Å². The van der Waals surface area contributed by atoms with E-state index in [9.17, 15) is 0 Å². The third kappa shape index (κ3) is 1.88. The number of hydrogen-bond donors (Lipinski definition) is 0. The summed E-state index contributed by atoms with van der Waals surface area (Å²) in [7, 11) is 0. The van der Waals surface area contributed by atoms with E-state index in [1.165, 1.54) is 22.3 Å². The van der Waals surface area contributed by atoms with Gasteiger partial charge in [-0.15, -0.1) is 0 Å². The first-order valence-corrected chi connectivity index (χ1v) is 8.39. The van der Waals surface area contributed by atoms with Gasteiger partial charge in [0.25, 0.3) is 0 Å². The molecular formula is C21H23N. The lowest BCUT2D eigenvalue weighted by atomic mass is 9.72. The summed E-state index contributed by atoms with van der Waals surface area (Å²) in [5.74, 6) is 2.31. The van der Waals surface area contributed by atoms with Crippen molar-refractivity contribution in [3.8, 4) is 0 Å². The molecule has 2 bridgehead atoms. The Bertz CT molecular complexity index is 728. The zero-order valence-corrected chi connectivity index (χ0v) is 13.5. The Kier molecular flexibility index (Phi) is 3.18. The highest BCUT2D eigenvalue weighted by atomic mass is 14.8. The fraction of sp³-hybridized carbons (Fsp3) is 0.381. The molecule has 4 rings (SSSR count). The summed E-state index contributed by atoms with van der Waals surface area (Å²) in [5.41, 5.74) is 5.79. The third-order valence-electron chi connectivity index (χ3n) is 5.56. The average molecular weight is 289 g/mol. The molecular weight excluding hydrogens is 266 g/mol. The average Bonchev–Trinajstić information content (AvgIpc) is 2.88. The highest BCUT2D eigenvalue weighted by molar-refractivity contribution is 5.83. The topological polar surface area (TPSA) is 12.4 Å². The number of aliphatic imine (C=N–C) groups is 1. The van der Waals surface area contributed by atoms with Crippen LogP contribution in [0, 0.1) is 11.8 Å². The van der Waals surface area contributed by atoms with E-state index in [1.807, 2.05) is 0 Å². The minimum atomic E-state index is 0.340. The maximum Gasteiger partial charge on any atom is 0.0543 e. The van der Waals surface area contributed by atoms with Crippen molar-refractivity contribution >= 4 is 6.21 Å². The lowest BCUT2D eigenvalue weighted by Crippen LogP contribution is -2.27. The van der Waals surface area contributed by atoms with E-state index in [1.54, 1.807) is 0 Å². The van der Waals surface area contributed by atoms with Crippen molar-refractivity contribution in [3.63, 3.8) is 0 Å². The van der Waals surface area contributed by atoms with E-state index < -0.39 is 0 Å². The Labute approximate surface area is 133 Å². The number of nitrogens with zero attached hydrogens (tertiary/aromatic N) is 1. The molecule has 0 fully saturated rings. The first-order chi connectivity index (χ1) is 10.7. The molecule has 4 unspecified atom stereocenters. The Balaban J connectivity index is 2.03. The van der Waals surface area contributed by atoms with Crippen molar-refractivity contribution in [1.29, 1.82) is 0 Å². The summed E-state index contributed by atoms with van der Waals surface area (Å²) in [4.78, 5) is 4.91. The van der Waals surface area contributed by atoms with Crippen molar-refractivity contribution in [2.75, 3.05) is 0 Å². The predicted molar refractivity (Wildman–Crippen MR) is 92.9 cm³/mol. The van der Waals surface area contributed by atoms with Crippen LogP contribution in [0.3, 0.4) is 0 Å². The highest BCUT2D eigenvalue weighted by Gasteiger charge is 2.45. The third-order valence-corrected chi connectivity index (χ3v) is 5.56. The van der Waals surface area contributed by atoms with Gasteiger partial charge in [-0.25, -0.2) is 0 Å². The van der Waals surface area contributed by atoms with Gasteiger partial charge in [0.1, 0.15) is 0 Å². The molecule has 0 N–H and O–H groups in total. The molecule has 112 valence electrons. The van der Waals surface area contributed by atoms with Gasteiger partial charge in [0.05, 0.1) is 6.04 Å². The molecule has 0 aromatic heterocycles. The Morgan fingerprint density at radius 3 is 2.23 bits per heavy atom. The van der Waals surface area contributed by atoms with Crippen LogP contribution in [0.25, 0.3) is 0 Å². The van der Waals surface area contributed by atoms with Gasteiger partial charge in [-0.3, -0.25) is 4.99 Å². The molecule has 0 saturated carbocycles. The molecule has 4 atom stereocenters. The molecule has 1 heterocycles. The summed E-state index contributed by atoms with van der Waals surface area (Å²) >= 11 is 0. The molecule has 1 heteroatoms. The second-order valence-electron chi connectivity index (χ2n) is 7.10. The molecule has 1 aliphatic carbocycles. The highest BCUT2D eigenvalue weighted by Crippen LogP contribution is 2.55. The van der Waals surface area contributed by atoms with E-state index in [-0.39, 0.29) is 0 Å². The van der Waals surface area contributed by atoms with Crippen LogP contribution in [0.5, 0.6) is 0 Å². The molecule has 0 radical (unpaired) electrons. The smallest absolute Gasteiger partial charge is 0.0543 e. The maximum absolute atomic E-state index is 4.91. The van der Waals surface area contributed by atoms with Gasteiger partial charge in [0, 0.05) is 18.1 Å². The Morgan fingerprint density at radius 1 is 0.864 bits per heavy atom. The number of benzene rings is 2. The summed E-state index contributed by atoms with van der Waals surface area (Å²) in [6.45, 7) is 7.03. The maximum atomic E-state index is 4.91. The number of fused-ring (bicyclic) bond motifs is 7. The first-order valence-electron chi connectivity index (χ1n) is 8.39. The van der Waals surface area contributed by atoms with Crippen molar-refractivity contribution in [2.45, 2.75) is 38.6 Å². The van der Waals surface area contributed by atoms with Crippen LogP contribution in [-0.2, 0) is 0 Å². The number of hydrogen-bond acceptors (Lipinski definition) is 1. The zero-order chi connectivity index (χ0) is 15.3. The fourth-order valence-corrected chi connectivity index (χ4v) is 4.68. The fourth-order valence-electron chi connectivity index (χ4n) is 4.68. The normalized spacial score (nSPS) is 30.4. The van der Waals surface area contributed by atoms with Gasteiger partial charge in [-0.2, -0.15) is 0 Å². The lowest BCUT2D eigenvalue weighted by molar-refractivity contribution is 0.289. The number of rotatable bonds is 1. The summed E-state index contributed by atoms with van der Waals surface area (Å²) in [6.07, 6.45) is 2.10. The van der Waals surface area contributed by atoms with Crippen molar-refractivity contribution in [1.82, 2.24) is 0 Å². The van der Waals surface area contributed by atoms with Crippen molar-refractivity contribution in [3.05, 3.63) is 70.8 Å². The monoisotopic (exact) mass is 289 g/mol. The summed E-state index contributed by atoms with van der Waals surface area (Å²) < 4.78 is 0. The second-order valence-corrected chi connectivity index (χ2v) is 7.10. The molecule has 2 aromatic rings. The molecule has 0 spiro atoms. The lowest BCUT2D eigenvalue weighted by Gasteiger charge is -2.33. The molecule has 2 aliphatic rings. The molecule has 1 aliphatic heterocycles. The van der Waals surface area contributed by atoms with Crippen LogP contribution in [0.15, 0.2) is 53.5 Å².